The molecule has 1 atom stereocenters. The molecule has 0 fully saturated rings. The fourth-order valence-electron chi connectivity index (χ4n) is 3.34. The second-order valence-electron chi connectivity index (χ2n) is 7.60. The SMILES string of the molecule is C=C(C)[C@H](CC=C(C)C)Cc1c(O)cc2oc3c(O)c(O)ccc3c(=O)c2c1O. The molecule has 0 saturated carbocycles. The summed E-state index contributed by atoms with van der Waals surface area (Å²) in [6, 6.07) is 3.73. The lowest BCUT2D eigenvalue weighted by Crippen LogP contribution is -2.08. The van der Waals surface area contributed by atoms with Gasteiger partial charge in [-0.3, -0.25) is 4.79 Å². The molecule has 0 bridgehead atoms. The maximum Gasteiger partial charge on any atom is 0.204 e. The normalized spacial score (nSPS) is 12.2. The van der Waals surface area contributed by atoms with Crippen LogP contribution in [0, 0.1) is 5.92 Å². The van der Waals surface area contributed by atoms with Crippen molar-refractivity contribution in [3.05, 3.63) is 57.8 Å². The van der Waals surface area contributed by atoms with Crippen LogP contribution in [-0.2, 0) is 6.42 Å². The molecule has 1 heterocycles. The van der Waals surface area contributed by atoms with Gasteiger partial charge in [0, 0.05) is 11.6 Å². The molecule has 0 aliphatic rings. The molecule has 1 aromatic heterocycles. The number of hydrogen-bond donors (Lipinski definition) is 4. The van der Waals surface area contributed by atoms with Crippen LogP contribution in [0.5, 0.6) is 23.0 Å². The summed E-state index contributed by atoms with van der Waals surface area (Å²) in [6.07, 6.45) is 3.05. The minimum absolute atomic E-state index is 0.0146. The Bertz CT molecular complexity index is 1210. The van der Waals surface area contributed by atoms with Crippen LogP contribution in [-0.4, -0.2) is 20.4 Å². The molecule has 152 valence electrons. The summed E-state index contributed by atoms with van der Waals surface area (Å²) in [6.45, 7) is 9.87. The van der Waals surface area contributed by atoms with Crippen molar-refractivity contribution >= 4 is 21.9 Å². The highest BCUT2D eigenvalue weighted by Crippen LogP contribution is 2.40. The van der Waals surface area contributed by atoms with Gasteiger partial charge in [-0.05, 0) is 51.7 Å². The Morgan fingerprint density at radius 2 is 1.79 bits per heavy atom. The number of phenolic OH excluding ortho intramolecular Hbond substituents is 4. The van der Waals surface area contributed by atoms with Gasteiger partial charge in [0.15, 0.2) is 11.3 Å². The number of fused-ring (bicyclic) bond motifs is 2. The summed E-state index contributed by atoms with van der Waals surface area (Å²) in [4.78, 5) is 12.9. The topological polar surface area (TPSA) is 111 Å². The second-order valence-corrected chi connectivity index (χ2v) is 7.60. The van der Waals surface area contributed by atoms with E-state index in [2.05, 4.69) is 12.7 Å². The zero-order valence-corrected chi connectivity index (χ0v) is 16.6. The Labute approximate surface area is 167 Å². The third-order valence-corrected chi connectivity index (χ3v) is 5.10. The fraction of sp³-hybridized carbons (Fsp3) is 0.261. The Morgan fingerprint density at radius 1 is 1.10 bits per heavy atom. The molecule has 4 N–H and O–H groups in total. The molecule has 2 aromatic carbocycles. The van der Waals surface area contributed by atoms with E-state index < -0.39 is 16.9 Å². The maximum atomic E-state index is 12.9. The first-order valence-corrected chi connectivity index (χ1v) is 9.25. The molecule has 0 amide bonds. The van der Waals surface area contributed by atoms with E-state index in [1.165, 1.54) is 18.2 Å². The molecule has 6 heteroatoms. The van der Waals surface area contributed by atoms with Crippen LogP contribution in [0.1, 0.15) is 32.8 Å². The highest BCUT2D eigenvalue weighted by atomic mass is 16.4. The van der Waals surface area contributed by atoms with Crippen molar-refractivity contribution in [2.24, 2.45) is 5.92 Å². The first-order chi connectivity index (χ1) is 13.6. The number of aromatic hydroxyl groups is 4. The van der Waals surface area contributed by atoms with Gasteiger partial charge in [-0.25, -0.2) is 0 Å². The number of allylic oxidation sites excluding steroid dienone is 3. The zero-order valence-electron chi connectivity index (χ0n) is 16.6. The third-order valence-electron chi connectivity index (χ3n) is 5.10. The predicted molar refractivity (Wildman–Crippen MR) is 113 cm³/mol. The van der Waals surface area contributed by atoms with Crippen molar-refractivity contribution < 1.29 is 24.8 Å². The zero-order chi connectivity index (χ0) is 21.5. The number of benzene rings is 2. The summed E-state index contributed by atoms with van der Waals surface area (Å²) in [5.74, 6) is -1.62. The van der Waals surface area contributed by atoms with Gasteiger partial charge in [-0.15, -0.1) is 0 Å². The van der Waals surface area contributed by atoms with E-state index in [0.29, 0.717) is 12.8 Å². The van der Waals surface area contributed by atoms with E-state index in [0.717, 1.165) is 11.1 Å². The second kappa shape index (κ2) is 7.54. The Morgan fingerprint density at radius 3 is 2.41 bits per heavy atom. The average Bonchev–Trinajstić information content (AvgIpc) is 2.63. The molecule has 0 unspecified atom stereocenters. The van der Waals surface area contributed by atoms with Gasteiger partial charge in [0.1, 0.15) is 22.5 Å². The Kier molecular flexibility index (Phi) is 5.29. The van der Waals surface area contributed by atoms with Crippen LogP contribution in [0.3, 0.4) is 0 Å². The first-order valence-electron chi connectivity index (χ1n) is 9.25. The van der Waals surface area contributed by atoms with Gasteiger partial charge < -0.3 is 24.8 Å². The smallest absolute Gasteiger partial charge is 0.204 e. The summed E-state index contributed by atoms with van der Waals surface area (Å²) < 4.78 is 5.53. The van der Waals surface area contributed by atoms with Crippen molar-refractivity contribution in [1.82, 2.24) is 0 Å². The molecule has 0 saturated heterocycles. The largest absolute Gasteiger partial charge is 0.507 e. The van der Waals surface area contributed by atoms with Gasteiger partial charge in [-0.2, -0.15) is 0 Å². The highest BCUT2D eigenvalue weighted by Gasteiger charge is 2.22. The van der Waals surface area contributed by atoms with Crippen molar-refractivity contribution in [1.29, 1.82) is 0 Å². The molecule has 6 nitrogen and oxygen atoms in total. The van der Waals surface area contributed by atoms with Gasteiger partial charge in [-0.1, -0.05) is 23.8 Å². The monoisotopic (exact) mass is 396 g/mol. The van der Waals surface area contributed by atoms with E-state index in [9.17, 15) is 25.2 Å². The first kappa shape index (κ1) is 20.3. The molecule has 0 radical (unpaired) electrons. The number of phenols is 4. The molecule has 29 heavy (non-hydrogen) atoms. The van der Waals surface area contributed by atoms with E-state index >= 15 is 0 Å². The van der Waals surface area contributed by atoms with Crippen LogP contribution in [0.25, 0.3) is 21.9 Å². The van der Waals surface area contributed by atoms with E-state index in [4.69, 9.17) is 4.42 Å². The lowest BCUT2D eigenvalue weighted by atomic mass is 9.88. The van der Waals surface area contributed by atoms with E-state index in [-0.39, 0.29) is 44.9 Å². The minimum atomic E-state index is -0.575. The van der Waals surface area contributed by atoms with E-state index in [1.807, 2.05) is 20.8 Å². The summed E-state index contributed by atoms with van der Waals surface area (Å²) in [5, 5.41) is 40.9. The van der Waals surface area contributed by atoms with Gasteiger partial charge in [0.2, 0.25) is 11.2 Å². The maximum absolute atomic E-state index is 12.9. The van der Waals surface area contributed by atoms with Crippen LogP contribution >= 0.6 is 0 Å². The molecule has 3 aromatic rings. The molecule has 0 spiro atoms. The van der Waals surface area contributed by atoms with Crippen LogP contribution in [0.4, 0.5) is 0 Å². The van der Waals surface area contributed by atoms with Crippen molar-refractivity contribution in [2.75, 3.05) is 0 Å². The molecule has 3 rings (SSSR count). The molecular weight excluding hydrogens is 372 g/mol. The molecular formula is C23H24O6. The predicted octanol–water partition coefficient (Wildman–Crippen LogP) is 4.86. The van der Waals surface area contributed by atoms with Crippen molar-refractivity contribution in [3.63, 3.8) is 0 Å². The lowest BCUT2D eigenvalue weighted by molar-refractivity contribution is 0.401. The van der Waals surface area contributed by atoms with Crippen LogP contribution in [0.15, 0.2) is 51.2 Å². The Hall–Kier alpha value is -3.41. The quantitative estimate of drug-likeness (QED) is 0.278. The van der Waals surface area contributed by atoms with Crippen LogP contribution < -0.4 is 5.43 Å². The van der Waals surface area contributed by atoms with E-state index in [1.54, 1.807) is 0 Å². The van der Waals surface area contributed by atoms with Gasteiger partial charge >= 0.3 is 0 Å². The standard InChI is InChI=1S/C23H24O6/c1-11(2)5-6-13(12(3)4)9-15-17(25)10-18-19(21(15)27)20(26)14-7-8-16(24)22(28)23(14)29-18/h5,7-8,10,13,24-25,27-28H,3,6,9H2,1-2,4H3/t13-/m1/s1. The molecule has 0 aliphatic heterocycles. The van der Waals surface area contributed by atoms with Gasteiger partial charge in [0.25, 0.3) is 0 Å². The lowest BCUT2D eigenvalue weighted by Gasteiger charge is -2.18. The van der Waals surface area contributed by atoms with Crippen LogP contribution in [0.2, 0.25) is 0 Å². The highest BCUT2D eigenvalue weighted by molar-refractivity contribution is 5.97. The summed E-state index contributed by atoms with van der Waals surface area (Å²) in [7, 11) is 0. The summed E-state index contributed by atoms with van der Waals surface area (Å²) in [5.41, 5.74) is 1.43. The van der Waals surface area contributed by atoms with Crippen molar-refractivity contribution in [2.45, 2.75) is 33.6 Å². The minimum Gasteiger partial charge on any atom is -0.507 e. The summed E-state index contributed by atoms with van der Waals surface area (Å²) >= 11 is 0. The molecule has 0 aliphatic carbocycles. The number of rotatable bonds is 5. The average molecular weight is 396 g/mol. The number of hydrogen-bond acceptors (Lipinski definition) is 6. The van der Waals surface area contributed by atoms with Gasteiger partial charge in [0.05, 0.1) is 5.39 Å². The third kappa shape index (κ3) is 3.66. The Balaban J connectivity index is 2.22. The van der Waals surface area contributed by atoms with Crippen molar-refractivity contribution in [3.8, 4) is 23.0 Å². The fourth-order valence-corrected chi connectivity index (χ4v) is 3.34.